The summed E-state index contributed by atoms with van der Waals surface area (Å²) in [7, 11) is 1.64. The maximum absolute atomic E-state index is 11.2. The number of methoxy groups -OCH3 is 1. The second kappa shape index (κ2) is 6.24. The van der Waals surface area contributed by atoms with Crippen LogP contribution in [-0.2, 0) is 0 Å². The maximum Gasteiger partial charge on any atom is 0.119 e. The Morgan fingerprint density at radius 1 is 1.40 bits per heavy atom. The van der Waals surface area contributed by atoms with Gasteiger partial charge in [0.2, 0.25) is 0 Å². The third-order valence-electron chi connectivity index (χ3n) is 6.27. The zero-order valence-corrected chi connectivity index (χ0v) is 14.9. The molecule has 25 heavy (non-hydrogen) atoms. The molecule has 1 aromatic heterocycles. The Morgan fingerprint density at radius 3 is 2.92 bits per heavy atom. The second-order valence-electron chi connectivity index (χ2n) is 7.44. The minimum absolute atomic E-state index is 0.0439. The minimum Gasteiger partial charge on any atom is -0.497 e. The molecule has 2 N–H and O–H groups in total. The van der Waals surface area contributed by atoms with Crippen molar-refractivity contribution in [1.29, 1.82) is 0 Å². The monoisotopic (exact) mass is 342 g/mol. The number of fused-ring (bicyclic) bond motifs is 4. The number of hydrogen-bond donors (Lipinski definition) is 2. The Bertz CT molecular complexity index is 781. The molecule has 3 saturated heterocycles. The predicted octanol–water partition coefficient (Wildman–Crippen LogP) is 2.51. The fourth-order valence-corrected chi connectivity index (χ4v) is 4.68. The molecule has 5 heteroatoms. The lowest BCUT2D eigenvalue weighted by Gasteiger charge is -2.55. The van der Waals surface area contributed by atoms with Crippen molar-refractivity contribution in [2.45, 2.75) is 43.9 Å². The molecule has 1 unspecified atom stereocenters. The average Bonchev–Trinajstić information content (AvgIpc) is 2.66. The molecule has 0 aliphatic carbocycles. The van der Waals surface area contributed by atoms with Crippen LogP contribution in [0.3, 0.4) is 0 Å². The standard InChI is InChI=1S/C20H26N2O3/c1-3-20(24)12-22-9-7-13(20)10-18(22)19(23)15-6-8-21-17-5-4-14(25-2)11-16(15)17/h4-6,8,11,13,18-19,23-24H,3,7,9-10,12H2,1-2H3/t13-,18-,19+,20-/m1/s1. The van der Waals surface area contributed by atoms with E-state index in [9.17, 15) is 10.2 Å². The summed E-state index contributed by atoms with van der Waals surface area (Å²) < 4.78 is 5.34. The number of nitrogens with zero attached hydrogens (tertiary/aromatic N) is 2. The molecule has 3 aliphatic heterocycles. The van der Waals surface area contributed by atoms with Crippen LogP contribution in [0.4, 0.5) is 0 Å². The third-order valence-corrected chi connectivity index (χ3v) is 6.27. The van der Waals surface area contributed by atoms with Gasteiger partial charge in [-0.15, -0.1) is 0 Å². The van der Waals surface area contributed by atoms with Crippen LogP contribution in [0.15, 0.2) is 30.5 Å². The summed E-state index contributed by atoms with van der Waals surface area (Å²) in [5.74, 6) is 1.03. The van der Waals surface area contributed by atoms with Gasteiger partial charge >= 0.3 is 0 Å². The number of aromatic nitrogens is 1. The minimum atomic E-state index is -0.599. The molecule has 5 rings (SSSR count). The van der Waals surface area contributed by atoms with Crippen molar-refractivity contribution in [3.8, 4) is 5.75 Å². The van der Waals surface area contributed by atoms with Crippen LogP contribution in [0, 0.1) is 5.92 Å². The van der Waals surface area contributed by atoms with E-state index in [4.69, 9.17) is 4.74 Å². The number of benzene rings is 1. The summed E-state index contributed by atoms with van der Waals surface area (Å²) in [5.41, 5.74) is 1.15. The van der Waals surface area contributed by atoms with Crippen molar-refractivity contribution in [2.24, 2.45) is 5.92 Å². The highest BCUT2D eigenvalue weighted by molar-refractivity contribution is 5.83. The van der Waals surface area contributed by atoms with Gasteiger partial charge in [-0.3, -0.25) is 9.88 Å². The van der Waals surface area contributed by atoms with Gasteiger partial charge in [-0.2, -0.15) is 0 Å². The molecule has 3 aliphatic rings. The van der Waals surface area contributed by atoms with Crippen LogP contribution in [0.25, 0.3) is 10.9 Å². The molecule has 0 amide bonds. The molecule has 134 valence electrons. The molecule has 2 bridgehead atoms. The first-order chi connectivity index (χ1) is 12.1. The van der Waals surface area contributed by atoms with Crippen LogP contribution >= 0.6 is 0 Å². The molecule has 2 aromatic rings. The molecule has 0 saturated carbocycles. The van der Waals surface area contributed by atoms with E-state index >= 15 is 0 Å². The van der Waals surface area contributed by atoms with E-state index in [1.807, 2.05) is 24.3 Å². The summed E-state index contributed by atoms with van der Waals surface area (Å²) in [5, 5.41) is 22.9. The summed E-state index contributed by atoms with van der Waals surface area (Å²) in [4.78, 5) is 6.67. The van der Waals surface area contributed by atoms with Crippen LogP contribution in [0.2, 0.25) is 0 Å². The number of aliphatic hydroxyl groups is 2. The normalized spacial score (nSPS) is 32.7. The Kier molecular flexibility index (Phi) is 4.18. The van der Waals surface area contributed by atoms with Gasteiger partial charge in [0.15, 0.2) is 0 Å². The van der Waals surface area contributed by atoms with E-state index in [0.717, 1.165) is 48.0 Å². The van der Waals surface area contributed by atoms with Gasteiger partial charge in [0, 0.05) is 24.2 Å². The van der Waals surface area contributed by atoms with Crippen LogP contribution < -0.4 is 4.74 Å². The number of piperidine rings is 3. The van der Waals surface area contributed by atoms with Crippen LogP contribution in [0.5, 0.6) is 5.75 Å². The highest BCUT2D eigenvalue weighted by Gasteiger charge is 2.50. The second-order valence-corrected chi connectivity index (χ2v) is 7.44. The molecule has 0 spiro atoms. The molecule has 5 atom stereocenters. The lowest BCUT2D eigenvalue weighted by molar-refractivity contribution is -0.153. The Morgan fingerprint density at radius 2 is 2.24 bits per heavy atom. The van der Waals surface area contributed by atoms with Gasteiger partial charge in [-0.05, 0) is 61.6 Å². The third kappa shape index (κ3) is 2.71. The van der Waals surface area contributed by atoms with Gasteiger partial charge in [0.05, 0.1) is 24.3 Å². The van der Waals surface area contributed by atoms with Crippen LogP contribution in [0.1, 0.15) is 37.9 Å². The molecule has 0 radical (unpaired) electrons. The number of pyridine rings is 1. The summed E-state index contributed by atoms with van der Waals surface area (Å²) in [6.07, 6.45) is 3.78. The number of ether oxygens (including phenoxy) is 1. The largest absolute Gasteiger partial charge is 0.497 e. The quantitative estimate of drug-likeness (QED) is 0.894. The van der Waals surface area contributed by atoms with Crippen molar-refractivity contribution in [3.05, 3.63) is 36.0 Å². The lowest BCUT2D eigenvalue weighted by Crippen LogP contribution is -2.63. The van der Waals surface area contributed by atoms with E-state index in [1.54, 1.807) is 13.3 Å². The number of hydrogen-bond acceptors (Lipinski definition) is 5. The molecular formula is C20H26N2O3. The van der Waals surface area contributed by atoms with E-state index in [1.165, 1.54) is 0 Å². The summed E-state index contributed by atoms with van der Waals surface area (Å²) in [6, 6.07) is 7.70. The maximum atomic E-state index is 11.2. The zero-order valence-electron chi connectivity index (χ0n) is 14.9. The van der Waals surface area contributed by atoms with E-state index in [2.05, 4.69) is 16.8 Å². The van der Waals surface area contributed by atoms with E-state index in [0.29, 0.717) is 6.54 Å². The van der Waals surface area contributed by atoms with Gasteiger partial charge < -0.3 is 14.9 Å². The molecule has 3 fully saturated rings. The van der Waals surface area contributed by atoms with Gasteiger partial charge in [0.1, 0.15) is 5.75 Å². The van der Waals surface area contributed by atoms with E-state index < -0.39 is 11.7 Å². The summed E-state index contributed by atoms with van der Waals surface area (Å²) in [6.45, 7) is 3.65. The fourth-order valence-electron chi connectivity index (χ4n) is 4.68. The smallest absolute Gasteiger partial charge is 0.119 e. The predicted molar refractivity (Wildman–Crippen MR) is 96.6 cm³/mol. The molecular weight excluding hydrogens is 316 g/mol. The molecule has 4 heterocycles. The average molecular weight is 342 g/mol. The molecule has 5 nitrogen and oxygen atoms in total. The Labute approximate surface area is 148 Å². The SMILES string of the molecule is CC[C@@]1(O)CN2CC[C@@H]1C[C@@H]2[C@@H](O)c1ccnc2ccc(OC)cc12. The molecule has 1 aromatic carbocycles. The highest BCUT2D eigenvalue weighted by atomic mass is 16.5. The lowest BCUT2D eigenvalue weighted by atomic mass is 9.69. The van der Waals surface area contributed by atoms with Crippen molar-refractivity contribution < 1.29 is 14.9 Å². The van der Waals surface area contributed by atoms with Gasteiger partial charge in [-0.1, -0.05) is 6.92 Å². The zero-order chi connectivity index (χ0) is 17.6. The van der Waals surface area contributed by atoms with Crippen molar-refractivity contribution in [1.82, 2.24) is 9.88 Å². The Balaban J connectivity index is 1.68. The number of rotatable bonds is 4. The fraction of sp³-hybridized carbons (Fsp3) is 0.550. The van der Waals surface area contributed by atoms with E-state index in [-0.39, 0.29) is 12.0 Å². The van der Waals surface area contributed by atoms with Crippen molar-refractivity contribution in [2.75, 3.05) is 20.2 Å². The first-order valence-electron chi connectivity index (χ1n) is 9.13. The summed E-state index contributed by atoms with van der Waals surface area (Å²) >= 11 is 0. The topological polar surface area (TPSA) is 65.8 Å². The van der Waals surface area contributed by atoms with Crippen LogP contribution in [-0.4, -0.2) is 51.9 Å². The van der Waals surface area contributed by atoms with Gasteiger partial charge in [0.25, 0.3) is 0 Å². The Hall–Kier alpha value is -1.69. The highest BCUT2D eigenvalue weighted by Crippen LogP contribution is 2.44. The number of aliphatic hydroxyl groups excluding tert-OH is 1. The van der Waals surface area contributed by atoms with Gasteiger partial charge in [-0.25, -0.2) is 0 Å². The first kappa shape index (κ1) is 16.8. The first-order valence-corrected chi connectivity index (χ1v) is 9.13. The van der Waals surface area contributed by atoms with Crippen molar-refractivity contribution >= 4 is 10.9 Å². The van der Waals surface area contributed by atoms with Crippen molar-refractivity contribution in [3.63, 3.8) is 0 Å².